The normalized spacial score (nSPS) is 15.8. The molecule has 1 aliphatic carbocycles. The van der Waals surface area contributed by atoms with Gasteiger partial charge in [0.05, 0.1) is 0 Å². The maximum absolute atomic E-state index is 4.31. The van der Waals surface area contributed by atoms with Gasteiger partial charge in [0, 0.05) is 18.3 Å². The van der Waals surface area contributed by atoms with E-state index < -0.39 is 0 Å². The zero-order valence-electron chi connectivity index (χ0n) is 8.17. The van der Waals surface area contributed by atoms with Gasteiger partial charge >= 0.3 is 0 Å². The molecule has 1 N–H and O–H groups in total. The number of aromatic nitrogens is 2. The zero-order chi connectivity index (χ0) is 9.26. The summed E-state index contributed by atoms with van der Waals surface area (Å²) >= 11 is 0. The fourth-order valence-electron chi connectivity index (χ4n) is 1.38. The van der Waals surface area contributed by atoms with Crippen LogP contribution in [-0.4, -0.2) is 16.5 Å². The number of anilines is 1. The van der Waals surface area contributed by atoms with Crippen molar-refractivity contribution in [1.29, 1.82) is 0 Å². The van der Waals surface area contributed by atoms with Crippen molar-refractivity contribution in [2.45, 2.75) is 26.7 Å². The lowest BCUT2D eigenvalue weighted by atomic mass is 10.4. The first kappa shape index (κ1) is 8.48. The Labute approximate surface area is 78.6 Å². The number of hydrogen-bond acceptors (Lipinski definition) is 3. The van der Waals surface area contributed by atoms with Crippen molar-refractivity contribution < 1.29 is 0 Å². The summed E-state index contributed by atoms with van der Waals surface area (Å²) in [5.41, 5.74) is 1.03. The predicted octanol–water partition coefficient (Wildman–Crippen LogP) is 1.92. The van der Waals surface area contributed by atoms with Crippen LogP contribution < -0.4 is 5.32 Å². The van der Waals surface area contributed by atoms with Gasteiger partial charge in [-0.1, -0.05) is 0 Å². The zero-order valence-corrected chi connectivity index (χ0v) is 8.17. The Morgan fingerprint density at radius 2 is 2.15 bits per heavy atom. The van der Waals surface area contributed by atoms with Crippen LogP contribution in [0.3, 0.4) is 0 Å². The molecule has 1 heterocycles. The molecule has 2 rings (SSSR count). The third-order valence-corrected chi connectivity index (χ3v) is 2.23. The SMILES string of the molecule is Cc1cc(NCC2CC2)nc(C)n1. The van der Waals surface area contributed by atoms with Gasteiger partial charge in [0.15, 0.2) is 0 Å². The average Bonchev–Trinajstić information content (AvgIpc) is 2.81. The van der Waals surface area contributed by atoms with E-state index >= 15 is 0 Å². The maximum Gasteiger partial charge on any atom is 0.129 e. The fraction of sp³-hybridized carbons (Fsp3) is 0.600. The van der Waals surface area contributed by atoms with Crippen LogP contribution in [0.2, 0.25) is 0 Å². The lowest BCUT2D eigenvalue weighted by molar-refractivity contribution is 0.875. The van der Waals surface area contributed by atoms with Gasteiger partial charge in [-0.15, -0.1) is 0 Å². The molecule has 1 aliphatic rings. The van der Waals surface area contributed by atoms with Crippen molar-refractivity contribution in [1.82, 2.24) is 9.97 Å². The minimum absolute atomic E-state index is 0.846. The van der Waals surface area contributed by atoms with Gasteiger partial charge < -0.3 is 5.32 Å². The standard InChI is InChI=1S/C10H15N3/c1-7-5-10(13-8(2)12-7)11-6-9-3-4-9/h5,9H,3-4,6H2,1-2H3,(H,11,12,13). The quantitative estimate of drug-likeness (QED) is 0.766. The molecule has 1 fully saturated rings. The molecule has 0 bridgehead atoms. The third-order valence-electron chi connectivity index (χ3n) is 2.23. The van der Waals surface area contributed by atoms with Crippen molar-refractivity contribution in [3.63, 3.8) is 0 Å². The molecule has 1 aromatic rings. The minimum atomic E-state index is 0.846. The van der Waals surface area contributed by atoms with Crippen LogP contribution in [0.4, 0.5) is 5.82 Å². The van der Waals surface area contributed by atoms with Crippen LogP contribution in [0.25, 0.3) is 0 Å². The van der Waals surface area contributed by atoms with Gasteiger partial charge in [-0.05, 0) is 32.6 Å². The largest absolute Gasteiger partial charge is 0.370 e. The molecule has 70 valence electrons. The molecule has 0 atom stereocenters. The molecule has 3 heteroatoms. The van der Waals surface area contributed by atoms with E-state index in [-0.39, 0.29) is 0 Å². The highest BCUT2D eigenvalue weighted by molar-refractivity contribution is 5.35. The summed E-state index contributed by atoms with van der Waals surface area (Å²) in [6.07, 6.45) is 2.74. The summed E-state index contributed by atoms with van der Waals surface area (Å²) in [4.78, 5) is 8.54. The topological polar surface area (TPSA) is 37.8 Å². The first-order valence-electron chi connectivity index (χ1n) is 4.80. The first-order chi connectivity index (χ1) is 6.24. The highest BCUT2D eigenvalue weighted by atomic mass is 15.0. The Morgan fingerprint density at radius 1 is 1.38 bits per heavy atom. The Hall–Kier alpha value is -1.12. The Bertz CT molecular complexity index is 285. The molecule has 13 heavy (non-hydrogen) atoms. The highest BCUT2D eigenvalue weighted by Crippen LogP contribution is 2.28. The predicted molar refractivity (Wildman–Crippen MR) is 52.7 cm³/mol. The molecular formula is C10H15N3. The van der Waals surface area contributed by atoms with Crippen LogP contribution >= 0.6 is 0 Å². The van der Waals surface area contributed by atoms with Gasteiger partial charge in [-0.3, -0.25) is 0 Å². The van der Waals surface area contributed by atoms with Crippen LogP contribution in [0.5, 0.6) is 0 Å². The second kappa shape index (κ2) is 3.32. The highest BCUT2D eigenvalue weighted by Gasteiger charge is 2.20. The number of aryl methyl sites for hydroxylation is 2. The van der Waals surface area contributed by atoms with Crippen LogP contribution in [0.15, 0.2) is 6.07 Å². The van der Waals surface area contributed by atoms with Gasteiger partial charge in [0.2, 0.25) is 0 Å². The van der Waals surface area contributed by atoms with Crippen molar-refractivity contribution >= 4 is 5.82 Å². The summed E-state index contributed by atoms with van der Waals surface area (Å²) < 4.78 is 0. The second-order valence-corrected chi connectivity index (χ2v) is 3.77. The second-order valence-electron chi connectivity index (χ2n) is 3.77. The average molecular weight is 177 g/mol. The van der Waals surface area contributed by atoms with Crippen LogP contribution in [0.1, 0.15) is 24.4 Å². The van der Waals surface area contributed by atoms with Gasteiger partial charge in [-0.25, -0.2) is 9.97 Å². The molecular weight excluding hydrogens is 162 g/mol. The van der Waals surface area contributed by atoms with E-state index in [1.165, 1.54) is 12.8 Å². The van der Waals surface area contributed by atoms with Crippen molar-refractivity contribution in [3.05, 3.63) is 17.6 Å². The van der Waals surface area contributed by atoms with Crippen LogP contribution in [-0.2, 0) is 0 Å². The molecule has 1 aromatic heterocycles. The fourth-order valence-corrected chi connectivity index (χ4v) is 1.38. The van der Waals surface area contributed by atoms with Crippen molar-refractivity contribution in [2.24, 2.45) is 5.92 Å². The monoisotopic (exact) mass is 177 g/mol. The number of hydrogen-bond donors (Lipinski definition) is 1. The summed E-state index contributed by atoms with van der Waals surface area (Å²) in [6.45, 7) is 4.99. The summed E-state index contributed by atoms with van der Waals surface area (Å²) in [6, 6.07) is 2.00. The summed E-state index contributed by atoms with van der Waals surface area (Å²) in [7, 11) is 0. The molecule has 0 radical (unpaired) electrons. The van der Waals surface area contributed by atoms with E-state index in [9.17, 15) is 0 Å². The smallest absolute Gasteiger partial charge is 0.129 e. The molecule has 0 aliphatic heterocycles. The van der Waals surface area contributed by atoms with Gasteiger partial charge in [0.1, 0.15) is 11.6 Å². The van der Waals surface area contributed by atoms with E-state index in [0.29, 0.717) is 0 Å². The molecule has 0 unspecified atom stereocenters. The Balaban J connectivity index is 2.01. The van der Waals surface area contributed by atoms with E-state index in [4.69, 9.17) is 0 Å². The van der Waals surface area contributed by atoms with E-state index in [0.717, 1.165) is 29.8 Å². The summed E-state index contributed by atoms with van der Waals surface area (Å²) in [5.74, 6) is 2.70. The van der Waals surface area contributed by atoms with Crippen molar-refractivity contribution in [3.8, 4) is 0 Å². The first-order valence-corrected chi connectivity index (χ1v) is 4.80. The maximum atomic E-state index is 4.31. The van der Waals surface area contributed by atoms with Gasteiger partial charge in [0.25, 0.3) is 0 Å². The summed E-state index contributed by atoms with van der Waals surface area (Å²) in [5, 5.41) is 3.34. The molecule has 0 spiro atoms. The third kappa shape index (κ3) is 2.41. The molecule has 0 saturated heterocycles. The lowest BCUT2D eigenvalue weighted by Crippen LogP contribution is -2.06. The number of nitrogens with zero attached hydrogens (tertiary/aromatic N) is 2. The lowest BCUT2D eigenvalue weighted by Gasteiger charge is -2.05. The Morgan fingerprint density at radius 3 is 2.77 bits per heavy atom. The van der Waals surface area contributed by atoms with Gasteiger partial charge in [-0.2, -0.15) is 0 Å². The molecule has 3 nitrogen and oxygen atoms in total. The number of nitrogens with one attached hydrogen (secondary N) is 1. The van der Waals surface area contributed by atoms with E-state index in [2.05, 4.69) is 15.3 Å². The number of rotatable bonds is 3. The van der Waals surface area contributed by atoms with Crippen LogP contribution in [0, 0.1) is 19.8 Å². The van der Waals surface area contributed by atoms with E-state index in [1.807, 2.05) is 19.9 Å². The Kier molecular flexibility index (Phi) is 2.17. The molecule has 0 aromatic carbocycles. The molecule has 1 saturated carbocycles. The van der Waals surface area contributed by atoms with E-state index in [1.54, 1.807) is 0 Å². The van der Waals surface area contributed by atoms with Crippen molar-refractivity contribution in [2.75, 3.05) is 11.9 Å². The minimum Gasteiger partial charge on any atom is -0.370 e. The molecule has 0 amide bonds.